The van der Waals surface area contributed by atoms with Gasteiger partial charge in [0.15, 0.2) is 0 Å². The van der Waals surface area contributed by atoms with Crippen LogP contribution in [0.2, 0.25) is 0 Å². The van der Waals surface area contributed by atoms with Crippen LogP contribution < -0.4 is 4.74 Å². The molecule has 0 aromatic carbocycles. The Kier molecular flexibility index (Phi) is 9.10. The van der Waals surface area contributed by atoms with Crippen LogP contribution in [0, 0.1) is 23.7 Å². The van der Waals surface area contributed by atoms with E-state index < -0.39 is 6.10 Å². The lowest BCUT2D eigenvalue weighted by molar-refractivity contribution is 0.0254. The van der Waals surface area contributed by atoms with E-state index in [9.17, 15) is 15.0 Å². The summed E-state index contributed by atoms with van der Waals surface area (Å²) in [4.78, 5) is 21.8. The summed E-state index contributed by atoms with van der Waals surface area (Å²) < 4.78 is 11.8. The highest BCUT2D eigenvalue weighted by Gasteiger charge is 2.34. The molecule has 33 heavy (non-hydrogen) atoms. The zero-order valence-electron chi connectivity index (χ0n) is 20.2. The quantitative estimate of drug-likeness (QED) is 0.621. The van der Waals surface area contributed by atoms with Crippen molar-refractivity contribution >= 4 is 5.91 Å². The third kappa shape index (κ3) is 6.90. The molecule has 1 aromatic heterocycles. The van der Waals surface area contributed by atoms with Crippen LogP contribution in [0.4, 0.5) is 0 Å². The predicted octanol–water partition coefficient (Wildman–Crippen LogP) is 1.39. The number of likely N-dealkylation sites (N-methyl/N-ethyl adjacent to an activating group) is 1. The normalized spacial score (nSPS) is 23.6. The number of carbonyl (C=O) groups excluding carboxylic acids is 1. The number of aliphatic hydroxyl groups is 2. The molecule has 3 rings (SSSR count). The van der Waals surface area contributed by atoms with Gasteiger partial charge in [-0.3, -0.25) is 4.79 Å². The third-order valence-electron chi connectivity index (χ3n) is 6.35. The highest BCUT2D eigenvalue weighted by atomic mass is 16.5. The maximum absolute atomic E-state index is 13.4. The lowest BCUT2D eigenvalue weighted by atomic mass is 9.97. The molecule has 1 aromatic rings. The Morgan fingerprint density at radius 3 is 2.70 bits per heavy atom. The number of aliphatic hydroxyl groups excluding tert-OH is 2. The number of nitrogens with zero attached hydrogens (tertiary/aromatic N) is 3. The molecule has 182 valence electrons. The van der Waals surface area contributed by atoms with Crippen LogP contribution >= 0.6 is 0 Å². The minimum atomic E-state index is -0.777. The first-order chi connectivity index (χ1) is 15.8. The molecule has 1 fully saturated rings. The Bertz CT molecular complexity index is 859. The molecule has 0 spiro atoms. The Morgan fingerprint density at radius 2 is 2.03 bits per heavy atom. The lowest BCUT2D eigenvalue weighted by Crippen LogP contribution is -2.50. The molecule has 8 nitrogen and oxygen atoms in total. The van der Waals surface area contributed by atoms with Gasteiger partial charge in [0.2, 0.25) is 5.88 Å². The summed E-state index contributed by atoms with van der Waals surface area (Å²) in [6.45, 7) is 9.16. The van der Waals surface area contributed by atoms with E-state index in [0.717, 1.165) is 32.6 Å². The molecule has 3 heterocycles. The summed E-state index contributed by atoms with van der Waals surface area (Å²) in [6, 6.07) is 1.33. The number of hydrogen-bond donors (Lipinski definition) is 2. The number of pyridine rings is 1. The van der Waals surface area contributed by atoms with Crippen LogP contribution in [0.25, 0.3) is 0 Å². The van der Waals surface area contributed by atoms with Gasteiger partial charge in [0.25, 0.3) is 5.91 Å². The zero-order valence-corrected chi connectivity index (χ0v) is 20.2. The summed E-state index contributed by atoms with van der Waals surface area (Å²) in [6.07, 6.45) is 2.76. The largest absolute Gasteiger partial charge is 0.472 e. The van der Waals surface area contributed by atoms with Crippen molar-refractivity contribution in [3.05, 3.63) is 23.4 Å². The molecule has 2 N–H and O–H groups in total. The second-order valence-corrected chi connectivity index (χ2v) is 9.42. The van der Waals surface area contributed by atoms with E-state index in [1.165, 1.54) is 0 Å². The molecule has 8 heteroatoms. The van der Waals surface area contributed by atoms with Gasteiger partial charge in [-0.2, -0.15) is 0 Å². The van der Waals surface area contributed by atoms with Crippen molar-refractivity contribution in [2.45, 2.75) is 51.9 Å². The van der Waals surface area contributed by atoms with Gasteiger partial charge < -0.3 is 29.5 Å². The fourth-order valence-electron chi connectivity index (χ4n) is 4.33. The van der Waals surface area contributed by atoms with Crippen LogP contribution in [0.1, 0.15) is 49.5 Å². The fraction of sp³-hybridized carbons (Fsp3) is 0.680. The number of rotatable bonds is 6. The number of hydrogen-bond acceptors (Lipinski definition) is 7. The average Bonchev–Trinajstić information content (AvgIpc) is 2.80. The van der Waals surface area contributed by atoms with Gasteiger partial charge in [-0.25, -0.2) is 4.98 Å². The molecule has 2 aliphatic heterocycles. The number of amides is 1. The summed E-state index contributed by atoms with van der Waals surface area (Å²) >= 11 is 0. The van der Waals surface area contributed by atoms with E-state index in [4.69, 9.17) is 9.47 Å². The lowest BCUT2D eigenvalue weighted by Gasteiger charge is -2.38. The van der Waals surface area contributed by atoms with E-state index >= 15 is 0 Å². The third-order valence-corrected chi connectivity index (χ3v) is 6.35. The van der Waals surface area contributed by atoms with E-state index in [1.54, 1.807) is 24.1 Å². The van der Waals surface area contributed by atoms with Crippen molar-refractivity contribution in [3.8, 4) is 17.7 Å². The topological polar surface area (TPSA) is 95.4 Å². The maximum Gasteiger partial charge on any atom is 0.259 e. The molecular formula is C25H37N3O5. The van der Waals surface area contributed by atoms with E-state index in [2.05, 4.69) is 35.7 Å². The van der Waals surface area contributed by atoms with Crippen LogP contribution in [0.5, 0.6) is 5.88 Å². The molecule has 0 radical (unpaired) electrons. The zero-order chi connectivity index (χ0) is 24.0. The minimum absolute atomic E-state index is 0.0461. The summed E-state index contributed by atoms with van der Waals surface area (Å²) in [5, 5.41) is 19.3. The molecular weight excluding hydrogens is 422 g/mol. The van der Waals surface area contributed by atoms with Crippen LogP contribution in [0.15, 0.2) is 12.3 Å². The second kappa shape index (κ2) is 11.8. The van der Waals surface area contributed by atoms with Crippen molar-refractivity contribution in [2.75, 3.05) is 46.5 Å². The molecule has 1 saturated heterocycles. The van der Waals surface area contributed by atoms with Gasteiger partial charge in [0, 0.05) is 50.5 Å². The predicted molar refractivity (Wildman–Crippen MR) is 125 cm³/mol. The first kappa shape index (κ1) is 25.4. The first-order valence-corrected chi connectivity index (χ1v) is 11.8. The molecule has 0 aliphatic carbocycles. The number of ether oxygens (including phenoxy) is 2. The highest BCUT2D eigenvalue weighted by molar-refractivity contribution is 5.97. The van der Waals surface area contributed by atoms with Crippen molar-refractivity contribution in [1.82, 2.24) is 14.8 Å². The van der Waals surface area contributed by atoms with Crippen LogP contribution in [0.3, 0.4) is 0 Å². The Labute approximate surface area is 196 Å². The van der Waals surface area contributed by atoms with E-state index in [-0.39, 0.29) is 36.5 Å². The summed E-state index contributed by atoms with van der Waals surface area (Å²) in [7, 11) is 2.10. The standard InChI is InChI=1S/C25H37N3O5/c1-17-13-28(18(2)16-29)25(31)22-11-21(6-5-19(3)30)12-26-24(22)33-23(17)15-27(4)14-20-7-9-32-10-8-20/h11-12,17-20,23,29-30H,7-10,13-16H2,1-4H3/t17-,18+,19+,23-/m0/s1. The maximum atomic E-state index is 13.4. The van der Waals surface area contributed by atoms with Crippen LogP contribution in [-0.2, 0) is 4.74 Å². The molecule has 0 saturated carbocycles. The van der Waals surface area contributed by atoms with Gasteiger partial charge in [-0.15, -0.1) is 0 Å². The van der Waals surface area contributed by atoms with Gasteiger partial charge in [0.05, 0.1) is 12.6 Å². The Hall–Kier alpha value is -2.18. The average molecular weight is 460 g/mol. The number of carbonyl (C=O) groups is 1. The Morgan fingerprint density at radius 1 is 1.30 bits per heavy atom. The van der Waals surface area contributed by atoms with Gasteiger partial charge in [-0.05, 0) is 45.7 Å². The van der Waals surface area contributed by atoms with Crippen molar-refractivity contribution in [1.29, 1.82) is 0 Å². The first-order valence-electron chi connectivity index (χ1n) is 11.8. The minimum Gasteiger partial charge on any atom is -0.472 e. The molecule has 4 atom stereocenters. The summed E-state index contributed by atoms with van der Waals surface area (Å²) in [5.41, 5.74) is 0.863. The van der Waals surface area contributed by atoms with Crippen LogP contribution in [-0.4, -0.2) is 95.7 Å². The fourth-order valence-corrected chi connectivity index (χ4v) is 4.33. The van der Waals surface area contributed by atoms with Crippen molar-refractivity contribution in [3.63, 3.8) is 0 Å². The van der Waals surface area contributed by atoms with Gasteiger partial charge in [-0.1, -0.05) is 18.8 Å². The number of aromatic nitrogens is 1. The molecule has 0 unspecified atom stereocenters. The molecule has 0 bridgehead atoms. The summed E-state index contributed by atoms with van der Waals surface area (Å²) in [5.74, 6) is 6.24. The van der Waals surface area contributed by atoms with Crippen molar-refractivity contribution in [2.24, 2.45) is 11.8 Å². The monoisotopic (exact) mass is 459 g/mol. The Balaban J connectivity index is 1.86. The van der Waals surface area contributed by atoms with E-state index in [0.29, 0.717) is 30.1 Å². The smallest absolute Gasteiger partial charge is 0.259 e. The molecule has 2 aliphatic rings. The number of fused-ring (bicyclic) bond motifs is 1. The second-order valence-electron chi connectivity index (χ2n) is 9.42. The highest BCUT2D eigenvalue weighted by Crippen LogP contribution is 2.27. The molecule has 1 amide bonds. The van der Waals surface area contributed by atoms with Gasteiger partial charge >= 0.3 is 0 Å². The van der Waals surface area contributed by atoms with Crippen molar-refractivity contribution < 1.29 is 24.5 Å². The van der Waals surface area contributed by atoms with Gasteiger partial charge in [0.1, 0.15) is 17.8 Å². The SMILES string of the molecule is C[C@H](CO)N1C[C@H](C)[C@H](CN(C)CC2CCOCC2)Oc2ncc(C#C[C@@H](C)O)cc2C1=O. The van der Waals surface area contributed by atoms with E-state index in [1.807, 2.05) is 6.92 Å².